The molecule has 1 saturated carbocycles. The minimum Gasteiger partial charge on any atom is -0.493 e. The van der Waals surface area contributed by atoms with Crippen LogP contribution < -0.4 is 10.1 Å². The van der Waals surface area contributed by atoms with Gasteiger partial charge in [0, 0.05) is 11.4 Å². The molecule has 1 N–H and O–H groups in total. The predicted octanol–water partition coefficient (Wildman–Crippen LogP) is 4.20. The van der Waals surface area contributed by atoms with Gasteiger partial charge in [0.05, 0.1) is 24.3 Å². The number of carbonyl (C=O) groups is 1. The molecule has 128 valence electrons. The number of nitrogens with zero attached hydrogens (tertiary/aromatic N) is 1. The average Bonchev–Trinajstić information content (AvgIpc) is 3.04. The van der Waals surface area contributed by atoms with E-state index in [1.807, 2.05) is 36.6 Å². The molecule has 0 unspecified atom stereocenters. The lowest BCUT2D eigenvalue weighted by atomic mass is 9.95. The van der Waals surface area contributed by atoms with Crippen molar-refractivity contribution in [3.63, 3.8) is 0 Å². The van der Waals surface area contributed by atoms with Gasteiger partial charge in [-0.15, -0.1) is 11.3 Å². The third-order valence-corrected chi connectivity index (χ3v) is 5.21. The van der Waals surface area contributed by atoms with Crippen LogP contribution in [0.15, 0.2) is 29.6 Å². The normalized spacial score (nSPS) is 15.2. The van der Waals surface area contributed by atoms with Crippen molar-refractivity contribution >= 4 is 17.2 Å². The summed E-state index contributed by atoms with van der Waals surface area (Å²) >= 11 is 1.56. The Morgan fingerprint density at radius 3 is 2.88 bits per heavy atom. The van der Waals surface area contributed by atoms with Crippen LogP contribution in [0.2, 0.25) is 0 Å². The highest BCUT2D eigenvalue weighted by atomic mass is 32.1. The zero-order chi connectivity index (χ0) is 16.8. The van der Waals surface area contributed by atoms with Gasteiger partial charge < -0.3 is 10.1 Å². The molecule has 0 spiro atoms. The second kappa shape index (κ2) is 8.29. The zero-order valence-electron chi connectivity index (χ0n) is 14.1. The Labute approximate surface area is 147 Å². The number of amides is 1. The topological polar surface area (TPSA) is 51.2 Å². The van der Waals surface area contributed by atoms with E-state index in [1.165, 1.54) is 19.3 Å². The molecule has 1 heterocycles. The Balaban J connectivity index is 1.64. The molecule has 4 nitrogen and oxygen atoms in total. The third kappa shape index (κ3) is 4.35. The fourth-order valence-electron chi connectivity index (χ4n) is 3.13. The van der Waals surface area contributed by atoms with Crippen LogP contribution >= 0.6 is 11.3 Å². The molecule has 3 rings (SSSR count). The van der Waals surface area contributed by atoms with Crippen molar-refractivity contribution < 1.29 is 9.53 Å². The smallest absolute Gasteiger partial charge is 0.226 e. The van der Waals surface area contributed by atoms with Gasteiger partial charge >= 0.3 is 0 Å². The summed E-state index contributed by atoms with van der Waals surface area (Å²) in [6, 6.07) is 8.25. The first-order chi connectivity index (χ1) is 11.8. The summed E-state index contributed by atoms with van der Waals surface area (Å²) < 4.78 is 5.67. The van der Waals surface area contributed by atoms with Gasteiger partial charge in [-0.25, -0.2) is 4.98 Å². The fourth-order valence-corrected chi connectivity index (χ4v) is 3.98. The van der Waals surface area contributed by atoms with Gasteiger partial charge in [0.25, 0.3) is 0 Å². The van der Waals surface area contributed by atoms with Gasteiger partial charge in [-0.2, -0.15) is 0 Å². The minimum atomic E-state index is 0.0804. The van der Waals surface area contributed by atoms with Gasteiger partial charge in [0.2, 0.25) is 5.91 Å². The van der Waals surface area contributed by atoms with E-state index in [0.29, 0.717) is 19.1 Å². The van der Waals surface area contributed by atoms with Crippen molar-refractivity contribution in [1.82, 2.24) is 10.3 Å². The molecule has 1 aliphatic carbocycles. The van der Waals surface area contributed by atoms with Crippen LogP contribution in [0.25, 0.3) is 10.6 Å². The Kier molecular flexibility index (Phi) is 5.86. The number of thiazole rings is 1. The maximum atomic E-state index is 12.2. The van der Waals surface area contributed by atoms with Crippen LogP contribution in [-0.2, 0) is 11.2 Å². The highest BCUT2D eigenvalue weighted by molar-refractivity contribution is 7.13. The van der Waals surface area contributed by atoms with Gasteiger partial charge in [-0.05, 0) is 31.9 Å². The first kappa shape index (κ1) is 17.0. The number of hydrogen-bond donors (Lipinski definition) is 1. The van der Waals surface area contributed by atoms with E-state index in [1.54, 1.807) is 11.3 Å². The first-order valence-electron chi connectivity index (χ1n) is 8.72. The summed E-state index contributed by atoms with van der Waals surface area (Å²) in [5, 5.41) is 6.02. The summed E-state index contributed by atoms with van der Waals surface area (Å²) in [4.78, 5) is 16.9. The van der Waals surface area contributed by atoms with Crippen LogP contribution in [-0.4, -0.2) is 23.5 Å². The number of nitrogens with one attached hydrogen (secondary N) is 1. The number of rotatable bonds is 6. The molecule has 0 bridgehead atoms. The molecule has 1 fully saturated rings. The Hall–Kier alpha value is -1.88. The molecule has 1 amide bonds. The largest absolute Gasteiger partial charge is 0.493 e. The number of ether oxygens (including phenoxy) is 1. The fraction of sp³-hybridized carbons (Fsp3) is 0.474. The van der Waals surface area contributed by atoms with Crippen molar-refractivity contribution in [2.24, 2.45) is 0 Å². The lowest BCUT2D eigenvalue weighted by Crippen LogP contribution is -2.37. The summed E-state index contributed by atoms with van der Waals surface area (Å²) in [6.45, 7) is 2.60. The summed E-state index contributed by atoms with van der Waals surface area (Å²) in [7, 11) is 0. The number of benzene rings is 1. The molecule has 0 atom stereocenters. The molecule has 24 heavy (non-hydrogen) atoms. The quantitative estimate of drug-likeness (QED) is 0.854. The molecule has 1 aromatic heterocycles. The maximum Gasteiger partial charge on any atom is 0.226 e. The molecule has 5 heteroatoms. The summed E-state index contributed by atoms with van der Waals surface area (Å²) in [6.07, 6.45) is 6.30. The lowest BCUT2D eigenvalue weighted by Gasteiger charge is -2.22. The highest BCUT2D eigenvalue weighted by Gasteiger charge is 2.17. The van der Waals surface area contributed by atoms with Gasteiger partial charge in [0.1, 0.15) is 10.8 Å². The van der Waals surface area contributed by atoms with Crippen molar-refractivity contribution in [2.75, 3.05) is 6.61 Å². The lowest BCUT2D eigenvalue weighted by molar-refractivity contribution is -0.121. The number of para-hydroxylation sites is 1. The summed E-state index contributed by atoms with van der Waals surface area (Å²) in [5.41, 5.74) is 1.82. The zero-order valence-corrected chi connectivity index (χ0v) is 14.9. The maximum absolute atomic E-state index is 12.2. The van der Waals surface area contributed by atoms with E-state index >= 15 is 0 Å². The van der Waals surface area contributed by atoms with Gasteiger partial charge in [-0.1, -0.05) is 31.4 Å². The van der Waals surface area contributed by atoms with E-state index in [2.05, 4.69) is 10.3 Å². The predicted molar refractivity (Wildman–Crippen MR) is 97.4 cm³/mol. The van der Waals surface area contributed by atoms with E-state index < -0.39 is 0 Å². The van der Waals surface area contributed by atoms with Crippen molar-refractivity contribution in [3.8, 4) is 16.3 Å². The van der Waals surface area contributed by atoms with Crippen LogP contribution in [0, 0.1) is 0 Å². The van der Waals surface area contributed by atoms with Crippen LogP contribution in [0.1, 0.15) is 44.7 Å². The van der Waals surface area contributed by atoms with Crippen molar-refractivity contribution in [1.29, 1.82) is 0 Å². The second-order valence-corrected chi connectivity index (χ2v) is 7.01. The van der Waals surface area contributed by atoms with Crippen LogP contribution in [0.3, 0.4) is 0 Å². The number of aromatic nitrogens is 1. The highest BCUT2D eigenvalue weighted by Crippen LogP contribution is 2.32. The number of hydrogen-bond acceptors (Lipinski definition) is 4. The SMILES string of the molecule is CCOc1ccccc1-c1nc(CC(=O)NC2CCCCC2)cs1. The standard InChI is InChI=1S/C19H24N2O2S/c1-2-23-17-11-7-6-10-16(17)19-21-15(13-24-19)12-18(22)20-14-8-4-3-5-9-14/h6-7,10-11,13-14H,2-5,8-9,12H2,1H3,(H,20,22). The van der Waals surface area contributed by atoms with Crippen LogP contribution in [0.5, 0.6) is 5.75 Å². The van der Waals surface area contributed by atoms with E-state index in [-0.39, 0.29) is 5.91 Å². The molecular formula is C19H24N2O2S. The van der Waals surface area contributed by atoms with Crippen LogP contribution in [0.4, 0.5) is 0 Å². The monoisotopic (exact) mass is 344 g/mol. The Bertz CT molecular complexity index is 678. The minimum absolute atomic E-state index is 0.0804. The van der Waals surface area contributed by atoms with Gasteiger partial charge in [-0.3, -0.25) is 4.79 Å². The van der Waals surface area contributed by atoms with Gasteiger partial charge in [0.15, 0.2) is 0 Å². The molecule has 1 aliphatic rings. The van der Waals surface area contributed by atoms with E-state index in [0.717, 1.165) is 34.9 Å². The van der Waals surface area contributed by atoms with Crippen molar-refractivity contribution in [3.05, 3.63) is 35.3 Å². The molecular weight excluding hydrogens is 320 g/mol. The Morgan fingerprint density at radius 1 is 1.29 bits per heavy atom. The third-order valence-electron chi connectivity index (χ3n) is 4.28. The van der Waals surface area contributed by atoms with E-state index in [4.69, 9.17) is 4.74 Å². The molecule has 2 aromatic rings. The number of carbonyl (C=O) groups excluding carboxylic acids is 1. The molecule has 1 aromatic carbocycles. The first-order valence-corrected chi connectivity index (χ1v) is 9.60. The Morgan fingerprint density at radius 2 is 2.08 bits per heavy atom. The average molecular weight is 344 g/mol. The second-order valence-electron chi connectivity index (χ2n) is 6.15. The molecule has 0 aliphatic heterocycles. The molecule has 0 radical (unpaired) electrons. The summed E-state index contributed by atoms with van der Waals surface area (Å²) in [5.74, 6) is 0.921. The van der Waals surface area contributed by atoms with E-state index in [9.17, 15) is 4.79 Å². The van der Waals surface area contributed by atoms with Crippen molar-refractivity contribution in [2.45, 2.75) is 51.5 Å². The molecule has 0 saturated heterocycles.